The Balaban J connectivity index is 1.51. The maximum Gasteiger partial charge on any atom is 0.244 e. The van der Waals surface area contributed by atoms with Gasteiger partial charge in [0, 0.05) is 30.3 Å². The molecule has 2 heterocycles. The highest BCUT2D eigenvalue weighted by Crippen LogP contribution is 2.47. The molecule has 2 aromatic heterocycles. The smallest absolute Gasteiger partial charge is 0.244 e. The largest absolute Gasteiger partial charge is 0.461 e. The quantitative estimate of drug-likeness (QED) is 0.821. The normalized spacial score (nSPS) is 21.2. The second-order valence-electron chi connectivity index (χ2n) is 5.22. The summed E-state index contributed by atoms with van der Waals surface area (Å²) in [5, 5.41) is 9.29. The number of furan rings is 1. The Bertz CT molecular complexity index is 613. The van der Waals surface area contributed by atoms with E-state index in [1.807, 2.05) is 12.1 Å². The average molecular weight is 271 g/mol. The van der Waals surface area contributed by atoms with Gasteiger partial charge in [-0.1, -0.05) is 6.92 Å². The zero-order chi connectivity index (χ0) is 13.9. The van der Waals surface area contributed by atoms with E-state index >= 15 is 0 Å². The second-order valence-corrected chi connectivity index (χ2v) is 5.22. The van der Waals surface area contributed by atoms with Crippen molar-refractivity contribution in [3.63, 3.8) is 0 Å². The van der Waals surface area contributed by atoms with Gasteiger partial charge >= 0.3 is 0 Å². The van der Waals surface area contributed by atoms with Crippen molar-refractivity contribution in [3.8, 4) is 0 Å². The van der Waals surface area contributed by atoms with E-state index in [1.165, 1.54) is 12.5 Å². The zero-order valence-electron chi connectivity index (χ0n) is 11.3. The number of amides is 1. The minimum atomic E-state index is -0.149. The number of aromatic amines is 1. The molecule has 2 N–H and O–H groups in total. The molecule has 1 aliphatic carbocycles. The van der Waals surface area contributed by atoms with Gasteiger partial charge in [0.25, 0.3) is 0 Å². The van der Waals surface area contributed by atoms with Crippen LogP contribution in [0.25, 0.3) is 6.08 Å². The summed E-state index contributed by atoms with van der Waals surface area (Å²) < 4.78 is 5.70. The monoisotopic (exact) mass is 271 g/mol. The van der Waals surface area contributed by atoms with Crippen LogP contribution in [0.1, 0.15) is 36.3 Å². The van der Waals surface area contributed by atoms with Crippen molar-refractivity contribution in [3.05, 3.63) is 47.7 Å². The summed E-state index contributed by atoms with van der Waals surface area (Å²) in [5.74, 6) is 2.88. The van der Waals surface area contributed by atoms with E-state index in [4.69, 9.17) is 4.42 Å². The number of carbonyl (C=O) groups excluding carboxylic acids is 1. The number of nitrogens with one attached hydrogen (secondary N) is 2. The lowest BCUT2D eigenvalue weighted by atomic mass is 10.3. The topological polar surface area (TPSA) is 70.9 Å². The Kier molecular flexibility index (Phi) is 3.41. The third-order valence-corrected chi connectivity index (χ3v) is 3.54. The van der Waals surface area contributed by atoms with E-state index in [0.717, 1.165) is 23.0 Å². The number of hydrogen-bond donors (Lipinski definition) is 2. The zero-order valence-corrected chi connectivity index (χ0v) is 11.3. The van der Waals surface area contributed by atoms with E-state index in [1.54, 1.807) is 18.5 Å². The maximum atomic E-state index is 11.6. The van der Waals surface area contributed by atoms with E-state index in [9.17, 15) is 4.79 Å². The minimum Gasteiger partial charge on any atom is -0.461 e. The Hall–Kier alpha value is -2.30. The highest BCUT2D eigenvalue weighted by molar-refractivity contribution is 5.91. The predicted octanol–water partition coefficient (Wildman–Crippen LogP) is 2.46. The molecule has 0 saturated heterocycles. The lowest BCUT2D eigenvalue weighted by Gasteiger charge is -1.97. The number of hydrogen-bond acceptors (Lipinski definition) is 3. The van der Waals surface area contributed by atoms with Crippen LogP contribution < -0.4 is 5.32 Å². The van der Waals surface area contributed by atoms with Gasteiger partial charge in [0.2, 0.25) is 5.91 Å². The Labute approximate surface area is 117 Å². The predicted molar refractivity (Wildman–Crippen MR) is 74.7 cm³/mol. The molecule has 1 fully saturated rings. The highest BCUT2D eigenvalue weighted by Gasteiger charge is 2.36. The molecule has 2 aromatic rings. The van der Waals surface area contributed by atoms with Crippen molar-refractivity contribution in [2.45, 2.75) is 25.8 Å². The molecule has 1 aliphatic rings. The summed E-state index contributed by atoms with van der Waals surface area (Å²) in [6, 6.07) is 3.90. The second kappa shape index (κ2) is 5.36. The molecular weight excluding hydrogens is 254 g/mol. The average Bonchev–Trinajstić information content (AvgIpc) is 2.92. The van der Waals surface area contributed by atoms with Crippen LogP contribution in [0.4, 0.5) is 0 Å². The molecule has 104 valence electrons. The Morgan fingerprint density at radius 2 is 2.45 bits per heavy atom. The molecule has 0 bridgehead atoms. The summed E-state index contributed by atoms with van der Waals surface area (Å²) in [7, 11) is 0. The Morgan fingerprint density at radius 1 is 1.60 bits per heavy atom. The minimum absolute atomic E-state index is 0.149. The molecule has 2 unspecified atom stereocenters. The number of rotatable bonds is 5. The fourth-order valence-corrected chi connectivity index (χ4v) is 2.16. The van der Waals surface area contributed by atoms with Crippen LogP contribution in [0.5, 0.6) is 0 Å². The maximum absolute atomic E-state index is 11.6. The van der Waals surface area contributed by atoms with Gasteiger partial charge in [-0.2, -0.15) is 5.10 Å². The van der Waals surface area contributed by atoms with E-state index in [-0.39, 0.29) is 5.91 Å². The molecule has 2 atom stereocenters. The molecule has 20 heavy (non-hydrogen) atoms. The van der Waals surface area contributed by atoms with Gasteiger partial charge in [-0.25, -0.2) is 0 Å². The van der Waals surface area contributed by atoms with Gasteiger partial charge in [-0.15, -0.1) is 0 Å². The van der Waals surface area contributed by atoms with Gasteiger partial charge in [0.05, 0.1) is 6.20 Å². The fourth-order valence-electron chi connectivity index (χ4n) is 2.16. The summed E-state index contributed by atoms with van der Waals surface area (Å²) >= 11 is 0. The first-order valence-electron chi connectivity index (χ1n) is 6.75. The SMILES string of the molecule is CC1CC1c1ccc(/C=C/C(=O)NCc2cn[nH]c2)o1. The molecule has 0 spiro atoms. The first-order chi connectivity index (χ1) is 9.72. The molecule has 5 heteroatoms. The lowest BCUT2D eigenvalue weighted by molar-refractivity contribution is -0.116. The molecule has 3 rings (SSSR count). The fraction of sp³-hybridized carbons (Fsp3) is 0.333. The van der Waals surface area contributed by atoms with Crippen molar-refractivity contribution in [2.24, 2.45) is 5.92 Å². The van der Waals surface area contributed by atoms with Crippen LogP contribution in [-0.2, 0) is 11.3 Å². The van der Waals surface area contributed by atoms with Crippen molar-refractivity contribution < 1.29 is 9.21 Å². The summed E-state index contributed by atoms with van der Waals surface area (Å²) in [4.78, 5) is 11.6. The summed E-state index contributed by atoms with van der Waals surface area (Å²) in [5.41, 5.74) is 0.940. The molecular formula is C15H17N3O2. The first kappa shape index (κ1) is 12.7. The van der Waals surface area contributed by atoms with E-state index in [2.05, 4.69) is 22.4 Å². The van der Waals surface area contributed by atoms with Gasteiger partial charge in [0.1, 0.15) is 11.5 Å². The van der Waals surface area contributed by atoms with Crippen molar-refractivity contribution >= 4 is 12.0 Å². The summed E-state index contributed by atoms with van der Waals surface area (Å²) in [6.07, 6.45) is 7.81. The molecule has 0 aliphatic heterocycles. The highest BCUT2D eigenvalue weighted by atomic mass is 16.3. The van der Waals surface area contributed by atoms with Gasteiger partial charge < -0.3 is 9.73 Å². The number of aromatic nitrogens is 2. The molecule has 0 radical (unpaired) electrons. The van der Waals surface area contributed by atoms with Crippen LogP contribution >= 0.6 is 0 Å². The van der Waals surface area contributed by atoms with E-state index in [0.29, 0.717) is 12.5 Å². The van der Waals surface area contributed by atoms with Gasteiger partial charge in [-0.3, -0.25) is 9.89 Å². The van der Waals surface area contributed by atoms with Crippen LogP contribution in [0, 0.1) is 5.92 Å². The summed E-state index contributed by atoms with van der Waals surface area (Å²) in [6.45, 7) is 2.68. The number of nitrogens with zero attached hydrogens (tertiary/aromatic N) is 1. The number of carbonyl (C=O) groups is 1. The number of H-pyrrole nitrogens is 1. The molecule has 1 amide bonds. The van der Waals surface area contributed by atoms with Crippen molar-refractivity contribution in [1.82, 2.24) is 15.5 Å². The van der Waals surface area contributed by atoms with Crippen molar-refractivity contribution in [2.75, 3.05) is 0 Å². The lowest BCUT2D eigenvalue weighted by Crippen LogP contribution is -2.19. The van der Waals surface area contributed by atoms with Crippen LogP contribution in [0.2, 0.25) is 0 Å². The van der Waals surface area contributed by atoms with Crippen molar-refractivity contribution in [1.29, 1.82) is 0 Å². The molecule has 0 aromatic carbocycles. The first-order valence-corrected chi connectivity index (χ1v) is 6.75. The molecule has 1 saturated carbocycles. The van der Waals surface area contributed by atoms with E-state index < -0.39 is 0 Å². The molecule has 5 nitrogen and oxygen atoms in total. The standard InChI is InChI=1S/C15H17N3O2/c1-10-6-13(10)14-4-2-12(20-14)3-5-15(19)16-7-11-8-17-18-9-11/h2-5,8-10,13H,6-7H2,1H3,(H,16,19)(H,17,18)/b5-3+. The Morgan fingerprint density at radius 3 is 3.15 bits per heavy atom. The van der Waals surface area contributed by atoms with Crippen LogP contribution in [0.3, 0.4) is 0 Å². The van der Waals surface area contributed by atoms with Crippen LogP contribution in [-0.4, -0.2) is 16.1 Å². The van der Waals surface area contributed by atoms with Gasteiger partial charge in [-0.05, 0) is 30.5 Å². The van der Waals surface area contributed by atoms with Gasteiger partial charge in [0.15, 0.2) is 0 Å². The third kappa shape index (κ3) is 2.99. The van der Waals surface area contributed by atoms with Crippen LogP contribution in [0.15, 0.2) is 35.0 Å². The third-order valence-electron chi connectivity index (χ3n) is 3.54.